The molecule has 0 unspecified atom stereocenters. The van der Waals surface area contributed by atoms with E-state index in [9.17, 15) is 5.11 Å². The first-order chi connectivity index (χ1) is 7.85. The van der Waals surface area contributed by atoms with Gasteiger partial charge in [0.25, 0.3) is 0 Å². The smallest absolute Gasteiger partial charge is 0.0948 e. The van der Waals surface area contributed by atoms with Gasteiger partial charge in [0.05, 0.1) is 18.6 Å². The molecule has 0 aromatic carbocycles. The molecular formula is C12H21N3O. The average Bonchev–Trinajstić information content (AvgIpc) is 2.89. The van der Waals surface area contributed by atoms with Crippen LogP contribution in [0.25, 0.3) is 0 Å². The summed E-state index contributed by atoms with van der Waals surface area (Å²) in [5, 5.41) is 9.27. The van der Waals surface area contributed by atoms with Crippen molar-refractivity contribution < 1.29 is 5.11 Å². The van der Waals surface area contributed by atoms with E-state index in [0.29, 0.717) is 6.04 Å². The summed E-state index contributed by atoms with van der Waals surface area (Å²) in [5.74, 6) is 0. The van der Waals surface area contributed by atoms with Gasteiger partial charge in [-0.25, -0.2) is 4.98 Å². The maximum atomic E-state index is 9.27. The Hall–Kier alpha value is -0.870. The number of aryl methyl sites for hydroxylation is 1. The van der Waals surface area contributed by atoms with Gasteiger partial charge in [0, 0.05) is 25.3 Å². The van der Waals surface area contributed by atoms with Gasteiger partial charge in [-0.3, -0.25) is 4.90 Å². The molecule has 2 rings (SSSR count). The van der Waals surface area contributed by atoms with E-state index in [2.05, 4.69) is 21.4 Å². The number of hydrogen-bond acceptors (Lipinski definition) is 3. The Labute approximate surface area is 96.9 Å². The van der Waals surface area contributed by atoms with Crippen molar-refractivity contribution in [1.82, 2.24) is 14.5 Å². The molecule has 1 aliphatic rings. The Morgan fingerprint density at radius 3 is 3.19 bits per heavy atom. The number of imidazole rings is 1. The quantitative estimate of drug-likeness (QED) is 0.817. The number of aliphatic hydroxyl groups is 1. The molecule has 1 aliphatic heterocycles. The highest BCUT2D eigenvalue weighted by Crippen LogP contribution is 2.19. The molecule has 0 amide bonds. The summed E-state index contributed by atoms with van der Waals surface area (Å²) in [4.78, 5) is 6.57. The van der Waals surface area contributed by atoms with Crippen LogP contribution in [0.3, 0.4) is 0 Å². The molecule has 1 saturated heterocycles. The average molecular weight is 223 g/mol. The van der Waals surface area contributed by atoms with Crippen molar-refractivity contribution in [1.29, 1.82) is 0 Å². The summed E-state index contributed by atoms with van der Waals surface area (Å²) in [6.45, 7) is 5.51. The van der Waals surface area contributed by atoms with Gasteiger partial charge in [0.2, 0.25) is 0 Å². The van der Waals surface area contributed by atoms with Gasteiger partial charge in [-0.2, -0.15) is 0 Å². The lowest BCUT2D eigenvalue weighted by Gasteiger charge is -2.22. The summed E-state index contributed by atoms with van der Waals surface area (Å²) in [6, 6.07) is 0.352. The van der Waals surface area contributed by atoms with E-state index in [1.165, 1.54) is 12.1 Å². The Balaban J connectivity index is 1.99. The van der Waals surface area contributed by atoms with Crippen LogP contribution >= 0.6 is 0 Å². The first-order valence-corrected chi connectivity index (χ1v) is 6.19. The largest absolute Gasteiger partial charge is 0.395 e. The number of likely N-dealkylation sites (tertiary alicyclic amines) is 1. The van der Waals surface area contributed by atoms with E-state index in [-0.39, 0.29) is 6.61 Å². The van der Waals surface area contributed by atoms with Crippen LogP contribution < -0.4 is 0 Å². The number of nitrogens with zero attached hydrogens (tertiary/aromatic N) is 3. The predicted molar refractivity (Wildman–Crippen MR) is 63.0 cm³/mol. The molecule has 1 atom stereocenters. The van der Waals surface area contributed by atoms with Crippen molar-refractivity contribution in [3.8, 4) is 0 Å². The van der Waals surface area contributed by atoms with E-state index in [0.717, 1.165) is 32.5 Å². The fourth-order valence-corrected chi connectivity index (χ4v) is 2.44. The Morgan fingerprint density at radius 2 is 2.44 bits per heavy atom. The number of aromatic nitrogens is 2. The van der Waals surface area contributed by atoms with Crippen molar-refractivity contribution >= 4 is 0 Å². The molecule has 1 aromatic rings. The zero-order valence-corrected chi connectivity index (χ0v) is 9.97. The van der Waals surface area contributed by atoms with E-state index < -0.39 is 0 Å². The number of hydrogen-bond donors (Lipinski definition) is 1. The molecule has 4 heteroatoms. The van der Waals surface area contributed by atoms with Crippen molar-refractivity contribution in [2.45, 2.75) is 45.3 Å². The van der Waals surface area contributed by atoms with Crippen LogP contribution in [0.1, 0.15) is 31.9 Å². The molecule has 16 heavy (non-hydrogen) atoms. The first kappa shape index (κ1) is 11.6. The van der Waals surface area contributed by atoms with E-state index in [1.54, 1.807) is 0 Å². The number of aliphatic hydroxyl groups excluding tert-OH is 1. The molecule has 1 aromatic heterocycles. The lowest BCUT2D eigenvalue weighted by molar-refractivity contribution is 0.151. The highest BCUT2D eigenvalue weighted by Gasteiger charge is 2.24. The fourth-order valence-electron chi connectivity index (χ4n) is 2.44. The summed E-state index contributed by atoms with van der Waals surface area (Å²) in [5.41, 5.74) is 1.27. The monoisotopic (exact) mass is 223 g/mol. The number of rotatable bonds is 5. The van der Waals surface area contributed by atoms with Gasteiger partial charge in [0.1, 0.15) is 0 Å². The molecule has 1 N–H and O–H groups in total. The van der Waals surface area contributed by atoms with Gasteiger partial charge >= 0.3 is 0 Å². The van der Waals surface area contributed by atoms with Crippen molar-refractivity contribution in [2.75, 3.05) is 13.2 Å². The zero-order chi connectivity index (χ0) is 11.4. The predicted octanol–water partition coefficient (Wildman–Crippen LogP) is 1.25. The summed E-state index contributed by atoms with van der Waals surface area (Å²) in [6.07, 6.45) is 7.31. The van der Waals surface area contributed by atoms with Gasteiger partial charge < -0.3 is 9.67 Å². The zero-order valence-electron chi connectivity index (χ0n) is 9.97. The van der Waals surface area contributed by atoms with Crippen LogP contribution in [0.4, 0.5) is 0 Å². The van der Waals surface area contributed by atoms with Gasteiger partial charge in [0.15, 0.2) is 0 Å². The Kier molecular flexibility index (Phi) is 3.96. The molecule has 1 fully saturated rings. The summed E-state index contributed by atoms with van der Waals surface area (Å²) in [7, 11) is 0. The van der Waals surface area contributed by atoms with E-state index in [4.69, 9.17) is 0 Å². The molecule has 90 valence electrons. The highest BCUT2D eigenvalue weighted by atomic mass is 16.3. The van der Waals surface area contributed by atoms with Crippen molar-refractivity contribution in [3.05, 3.63) is 18.2 Å². The van der Waals surface area contributed by atoms with Gasteiger partial charge in [-0.05, 0) is 25.8 Å². The second kappa shape index (κ2) is 5.46. The molecule has 0 aliphatic carbocycles. The lowest BCUT2D eigenvalue weighted by Crippen LogP contribution is -2.32. The van der Waals surface area contributed by atoms with Crippen LogP contribution in [0.15, 0.2) is 12.5 Å². The highest BCUT2D eigenvalue weighted by molar-refractivity contribution is 4.99. The third kappa shape index (κ3) is 2.44. The molecule has 4 nitrogen and oxygen atoms in total. The lowest BCUT2D eigenvalue weighted by atomic mass is 10.2. The van der Waals surface area contributed by atoms with Crippen LogP contribution in [-0.4, -0.2) is 38.8 Å². The molecule has 0 spiro atoms. The third-order valence-corrected chi connectivity index (χ3v) is 3.34. The maximum absolute atomic E-state index is 9.27. The van der Waals surface area contributed by atoms with Crippen LogP contribution in [0, 0.1) is 0 Å². The summed E-state index contributed by atoms with van der Waals surface area (Å²) >= 11 is 0. The molecule has 0 bridgehead atoms. The minimum Gasteiger partial charge on any atom is -0.395 e. The third-order valence-electron chi connectivity index (χ3n) is 3.34. The molecule has 2 heterocycles. The fraction of sp³-hybridized carbons (Fsp3) is 0.750. The van der Waals surface area contributed by atoms with E-state index in [1.807, 2.05) is 12.5 Å². The van der Waals surface area contributed by atoms with Crippen molar-refractivity contribution in [3.63, 3.8) is 0 Å². The second-order valence-electron chi connectivity index (χ2n) is 4.53. The minimum absolute atomic E-state index is 0.280. The van der Waals surface area contributed by atoms with Crippen LogP contribution in [0.2, 0.25) is 0 Å². The van der Waals surface area contributed by atoms with Gasteiger partial charge in [-0.15, -0.1) is 0 Å². The minimum atomic E-state index is 0.280. The standard InChI is InChI=1S/C12H21N3O/c1-2-5-15-10-13-7-12(15)8-14-6-3-4-11(14)9-16/h7,10-11,16H,2-6,8-9H2,1H3/t11-/m1/s1. The van der Waals surface area contributed by atoms with Crippen LogP contribution in [-0.2, 0) is 13.1 Å². The summed E-state index contributed by atoms with van der Waals surface area (Å²) < 4.78 is 2.22. The Bertz CT molecular complexity index is 324. The van der Waals surface area contributed by atoms with Crippen LogP contribution in [0.5, 0.6) is 0 Å². The molecular weight excluding hydrogens is 202 g/mol. The van der Waals surface area contributed by atoms with E-state index >= 15 is 0 Å². The molecule has 0 saturated carbocycles. The SMILES string of the molecule is CCCn1cncc1CN1CCC[C@@H]1CO. The normalized spacial score (nSPS) is 21.8. The second-order valence-corrected chi connectivity index (χ2v) is 4.53. The maximum Gasteiger partial charge on any atom is 0.0948 e. The first-order valence-electron chi connectivity index (χ1n) is 6.19. The van der Waals surface area contributed by atoms with Gasteiger partial charge in [-0.1, -0.05) is 6.92 Å². The Morgan fingerprint density at radius 1 is 1.56 bits per heavy atom. The topological polar surface area (TPSA) is 41.3 Å². The van der Waals surface area contributed by atoms with Crippen molar-refractivity contribution in [2.24, 2.45) is 0 Å². The molecule has 0 radical (unpaired) electrons.